The van der Waals surface area contributed by atoms with Gasteiger partial charge in [0.15, 0.2) is 5.03 Å². The molecule has 2 N–H and O–H groups in total. The van der Waals surface area contributed by atoms with E-state index in [2.05, 4.69) is 9.97 Å². The minimum atomic E-state index is -0.508. The summed E-state index contributed by atoms with van der Waals surface area (Å²) in [6.45, 7) is 0. The second kappa shape index (κ2) is 5.31. The zero-order valence-electron chi connectivity index (χ0n) is 9.33. The molecular formula is C10H14N4O2S. The Labute approximate surface area is 103 Å². The van der Waals surface area contributed by atoms with Crippen LogP contribution in [0.2, 0.25) is 0 Å². The Balaban J connectivity index is 2.09. The van der Waals surface area contributed by atoms with E-state index in [4.69, 9.17) is 5.73 Å². The molecular weight excluding hydrogens is 240 g/mol. The van der Waals surface area contributed by atoms with Gasteiger partial charge in [0.05, 0.1) is 4.92 Å². The van der Waals surface area contributed by atoms with Crippen molar-refractivity contribution in [2.45, 2.75) is 30.7 Å². The number of nitrogen functional groups attached to an aromatic ring is 1. The van der Waals surface area contributed by atoms with Crippen LogP contribution in [0.3, 0.4) is 0 Å². The standard InChI is InChI=1S/C10H14N4O2S/c11-9-8(14(15)16)10(13-6-12-9)17-5-7-3-1-2-4-7/h6-7H,1-5H2,(H2,11,12,13). The van der Waals surface area contributed by atoms with Crippen LogP contribution in [0, 0.1) is 16.0 Å². The topological polar surface area (TPSA) is 94.9 Å². The number of nitrogens with zero attached hydrogens (tertiary/aromatic N) is 3. The van der Waals surface area contributed by atoms with Crippen molar-refractivity contribution in [1.82, 2.24) is 9.97 Å². The minimum Gasteiger partial charge on any atom is -0.378 e. The first-order valence-corrected chi connectivity index (χ1v) is 6.54. The van der Waals surface area contributed by atoms with Crippen molar-refractivity contribution in [2.75, 3.05) is 11.5 Å². The Bertz CT molecular complexity index is 421. The van der Waals surface area contributed by atoms with Gasteiger partial charge < -0.3 is 5.73 Å². The highest BCUT2D eigenvalue weighted by Gasteiger charge is 2.23. The number of aromatic nitrogens is 2. The van der Waals surface area contributed by atoms with Crippen molar-refractivity contribution in [3.8, 4) is 0 Å². The van der Waals surface area contributed by atoms with Crippen molar-refractivity contribution < 1.29 is 4.92 Å². The lowest BCUT2D eigenvalue weighted by molar-refractivity contribution is -0.387. The number of anilines is 1. The molecule has 0 aromatic carbocycles. The maximum atomic E-state index is 10.9. The molecule has 92 valence electrons. The van der Waals surface area contributed by atoms with Crippen molar-refractivity contribution in [1.29, 1.82) is 0 Å². The molecule has 0 unspecified atom stereocenters. The molecule has 0 atom stereocenters. The fourth-order valence-electron chi connectivity index (χ4n) is 2.03. The average molecular weight is 254 g/mol. The molecule has 7 heteroatoms. The minimum absolute atomic E-state index is 0.0566. The maximum absolute atomic E-state index is 10.9. The highest BCUT2D eigenvalue weighted by molar-refractivity contribution is 7.99. The average Bonchev–Trinajstić information content (AvgIpc) is 2.78. The summed E-state index contributed by atoms with van der Waals surface area (Å²) < 4.78 is 0. The van der Waals surface area contributed by atoms with Gasteiger partial charge in [-0.3, -0.25) is 10.1 Å². The first-order valence-electron chi connectivity index (χ1n) is 5.56. The molecule has 6 nitrogen and oxygen atoms in total. The largest absolute Gasteiger partial charge is 0.378 e. The number of nitrogens with two attached hydrogens (primary N) is 1. The summed E-state index contributed by atoms with van der Waals surface area (Å²) in [5.41, 5.74) is 5.34. The predicted octanol–water partition coefficient (Wildman–Crippen LogP) is 2.25. The van der Waals surface area contributed by atoms with Crippen LogP contribution in [0.25, 0.3) is 0 Å². The fraction of sp³-hybridized carbons (Fsp3) is 0.600. The Hall–Kier alpha value is -1.37. The van der Waals surface area contributed by atoms with E-state index in [0.29, 0.717) is 10.9 Å². The molecule has 1 heterocycles. The van der Waals surface area contributed by atoms with Crippen LogP contribution in [0.4, 0.5) is 11.5 Å². The Morgan fingerprint density at radius 2 is 2.18 bits per heavy atom. The van der Waals surface area contributed by atoms with Gasteiger partial charge in [-0.2, -0.15) is 0 Å². The first-order chi connectivity index (χ1) is 8.18. The van der Waals surface area contributed by atoms with Crippen LogP contribution in [-0.4, -0.2) is 20.6 Å². The SMILES string of the molecule is Nc1ncnc(SCC2CCCC2)c1[N+](=O)[O-]. The van der Waals surface area contributed by atoms with E-state index in [1.165, 1.54) is 43.8 Å². The van der Waals surface area contributed by atoms with Gasteiger partial charge >= 0.3 is 5.69 Å². The molecule has 1 aliphatic carbocycles. The zero-order valence-corrected chi connectivity index (χ0v) is 10.2. The summed E-state index contributed by atoms with van der Waals surface area (Å²) in [6, 6.07) is 0. The molecule has 1 aromatic heterocycles. The molecule has 0 saturated heterocycles. The Morgan fingerprint density at radius 1 is 1.47 bits per heavy atom. The quantitative estimate of drug-likeness (QED) is 0.383. The van der Waals surface area contributed by atoms with Crippen molar-refractivity contribution >= 4 is 23.3 Å². The molecule has 0 amide bonds. The summed E-state index contributed by atoms with van der Waals surface area (Å²) >= 11 is 1.41. The maximum Gasteiger partial charge on any atom is 0.343 e. The lowest BCUT2D eigenvalue weighted by Crippen LogP contribution is -2.03. The van der Waals surface area contributed by atoms with Gasteiger partial charge in [0, 0.05) is 5.75 Å². The molecule has 2 rings (SSSR count). The van der Waals surface area contributed by atoms with Crippen LogP contribution in [-0.2, 0) is 0 Å². The summed E-state index contributed by atoms with van der Waals surface area (Å²) in [5.74, 6) is 1.46. The van der Waals surface area contributed by atoms with Crippen LogP contribution in [0.1, 0.15) is 25.7 Å². The zero-order chi connectivity index (χ0) is 12.3. The van der Waals surface area contributed by atoms with E-state index >= 15 is 0 Å². The number of hydrogen-bond acceptors (Lipinski definition) is 6. The highest BCUT2D eigenvalue weighted by Crippen LogP contribution is 2.35. The van der Waals surface area contributed by atoms with Crippen molar-refractivity contribution in [3.05, 3.63) is 16.4 Å². The van der Waals surface area contributed by atoms with Crippen LogP contribution >= 0.6 is 11.8 Å². The molecule has 1 fully saturated rings. The summed E-state index contributed by atoms with van der Waals surface area (Å²) in [5, 5.41) is 11.3. The second-order valence-corrected chi connectivity index (χ2v) is 5.14. The normalized spacial score (nSPS) is 16.2. The fourth-order valence-corrected chi connectivity index (χ4v) is 3.19. The monoisotopic (exact) mass is 254 g/mol. The van der Waals surface area contributed by atoms with Gasteiger partial charge in [0.1, 0.15) is 6.33 Å². The van der Waals surface area contributed by atoms with Gasteiger partial charge in [0.2, 0.25) is 5.82 Å². The molecule has 17 heavy (non-hydrogen) atoms. The second-order valence-electron chi connectivity index (χ2n) is 4.13. The van der Waals surface area contributed by atoms with E-state index < -0.39 is 4.92 Å². The third kappa shape index (κ3) is 2.85. The van der Waals surface area contributed by atoms with Crippen molar-refractivity contribution in [3.63, 3.8) is 0 Å². The number of nitro groups is 1. The lowest BCUT2D eigenvalue weighted by Gasteiger charge is -2.07. The van der Waals surface area contributed by atoms with Crippen LogP contribution in [0.5, 0.6) is 0 Å². The van der Waals surface area contributed by atoms with Crippen LogP contribution < -0.4 is 5.73 Å². The Morgan fingerprint density at radius 3 is 2.82 bits per heavy atom. The third-order valence-corrected chi connectivity index (χ3v) is 4.14. The first kappa shape index (κ1) is 12.1. The van der Waals surface area contributed by atoms with Gasteiger partial charge in [-0.15, -0.1) is 0 Å². The summed E-state index contributed by atoms with van der Waals surface area (Å²) in [7, 11) is 0. The summed E-state index contributed by atoms with van der Waals surface area (Å²) in [6.07, 6.45) is 6.22. The third-order valence-electron chi connectivity index (χ3n) is 2.93. The summed E-state index contributed by atoms with van der Waals surface area (Å²) in [4.78, 5) is 18.0. The number of thioether (sulfide) groups is 1. The molecule has 0 aliphatic heterocycles. The highest BCUT2D eigenvalue weighted by atomic mass is 32.2. The van der Waals surface area contributed by atoms with Gasteiger partial charge in [0.25, 0.3) is 0 Å². The molecule has 0 spiro atoms. The van der Waals surface area contributed by atoms with Gasteiger partial charge in [-0.05, 0) is 18.8 Å². The van der Waals surface area contributed by atoms with E-state index in [1.54, 1.807) is 0 Å². The molecule has 0 bridgehead atoms. The lowest BCUT2D eigenvalue weighted by atomic mass is 10.1. The van der Waals surface area contributed by atoms with E-state index in [0.717, 1.165) is 5.75 Å². The molecule has 1 aliphatic rings. The van der Waals surface area contributed by atoms with Gasteiger partial charge in [-0.1, -0.05) is 24.6 Å². The molecule has 0 radical (unpaired) electrons. The van der Waals surface area contributed by atoms with E-state index in [1.807, 2.05) is 0 Å². The number of rotatable bonds is 4. The van der Waals surface area contributed by atoms with Crippen LogP contribution in [0.15, 0.2) is 11.4 Å². The molecule has 1 saturated carbocycles. The van der Waals surface area contributed by atoms with E-state index in [9.17, 15) is 10.1 Å². The smallest absolute Gasteiger partial charge is 0.343 e. The van der Waals surface area contributed by atoms with Crippen molar-refractivity contribution in [2.24, 2.45) is 5.92 Å². The predicted molar refractivity (Wildman–Crippen MR) is 65.8 cm³/mol. The number of hydrogen-bond donors (Lipinski definition) is 1. The van der Waals surface area contributed by atoms with E-state index in [-0.39, 0.29) is 11.5 Å². The van der Waals surface area contributed by atoms with Gasteiger partial charge in [-0.25, -0.2) is 9.97 Å². The Kier molecular flexibility index (Phi) is 3.78. The molecule has 1 aromatic rings.